The molecule has 1 rings (SSSR count). The van der Waals surface area contributed by atoms with Gasteiger partial charge in [0.2, 0.25) is 5.91 Å². The Balaban J connectivity index is 2.18. The molecule has 1 atom stereocenters. The van der Waals surface area contributed by atoms with E-state index < -0.39 is 6.03 Å². The van der Waals surface area contributed by atoms with Gasteiger partial charge in [-0.1, -0.05) is 0 Å². The molecule has 1 fully saturated rings. The fourth-order valence-corrected chi connectivity index (χ4v) is 1.84. The van der Waals surface area contributed by atoms with Gasteiger partial charge in [-0.05, 0) is 6.92 Å². The number of methoxy groups -OCH3 is 1. The van der Waals surface area contributed by atoms with Gasteiger partial charge in [0, 0.05) is 39.3 Å². The average molecular weight is 258 g/mol. The Bertz CT molecular complexity index is 285. The summed E-state index contributed by atoms with van der Waals surface area (Å²) in [5.74, 6) is -0.279. The number of nitrogens with one attached hydrogen (secondary N) is 3. The highest BCUT2D eigenvalue weighted by atomic mass is 16.5. The number of carbonyl (C=O) groups is 2. The van der Waals surface area contributed by atoms with Crippen LogP contribution in [0.15, 0.2) is 0 Å². The van der Waals surface area contributed by atoms with E-state index in [1.807, 2.05) is 4.90 Å². The number of ether oxygens (including phenoxy) is 1. The summed E-state index contributed by atoms with van der Waals surface area (Å²) in [5.41, 5.74) is 0. The van der Waals surface area contributed by atoms with Crippen molar-refractivity contribution in [3.05, 3.63) is 0 Å². The Morgan fingerprint density at radius 3 is 2.94 bits per heavy atom. The number of piperazine rings is 1. The Kier molecular flexibility index (Phi) is 6.63. The van der Waals surface area contributed by atoms with Crippen LogP contribution in [0.5, 0.6) is 0 Å². The average Bonchev–Trinajstić information content (AvgIpc) is 2.29. The Morgan fingerprint density at radius 1 is 1.50 bits per heavy atom. The third-order valence-electron chi connectivity index (χ3n) is 2.66. The molecule has 0 aromatic rings. The molecule has 1 saturated heterocycles. The summed E-state index contributed by atoms with van der Waals surface area (Å²) in [7, 11) is 1.55. The maximum absolute atomic E-state index is 11.6. The van der Waals surface area contributed by atoms with Crippen LogP contribution in [0.1, 0.15) is 6.92 Å². The lowest BCUT2D eigenvalue weighted by Crippen LogP contribution is -2.53. The van der Waals surface area contributed by atoms with E-state index in [1.165, 1.54) is 0 Å². The van der Waals surface area contributed by atoms with Crippen LogP contribution in [0.4, 0.5) is 4.79 Å². The van der Waals surface area contributed by atoms with Crippen molar-refractivity contribution in [2.24, 2.45) is 0 Å². The van der Waals surface area contributed by atoms with Gasteiger partial charge >= 0.3 is 6.03 Å². The van der Waals surface area contributed by atoms with Crippen LogP contribution in [0.25, 0.3) is 0 Å². The highest BCUT2D eigenvalue weighted by Gasteiger charge is 2.18. The molecular weight excluding hydrogens is 236 g/mol. The molecular formula is C11H22N4O3. The van der Waals surface area contributed by atoms with Crippen molar-refractivity contribution < 1.29 is 14.3 Å². The van der Waals surface area contributed by atoms with Crippen LogP contribution < -0.4 is 16.0 Å². The minimum Gasteiger partial charge on any atom is -0.383 e. The number of imide groups is 1. The van der Waals surface area contributed by atoms with Gasteiger partial charge in [-0.25, -0.2) is 4.79 Å². The summed E-state index contributed by atoms with van der Waals surface area (Å²) in [6.45, 7) is 5.65. The molecule has 0 spiro atoms. The molecule has 0 aromatic carbocycles. The largest absolute Gasteiger partial charge is 0.383 e. The van der Waals surface area contributed by atoms with Crippen molar-refractivity contribution >= 4 is 11.9 Å². The lowest BCUT2D eigenvalue weighted by atomic mass is 10.2. The topological polar surface area (TPSA) is 82.7 Å². The zero-order valence-electron chi connectivity index (χ0n) is 11.0. The monoisotopic (exact) mass is 258 g/mol. The standard InChI is InChI=1S/C11H22N4O3/c1-9-7-15(5-3-12-9)8-10(16)14-11(17)13-4-6-18-2/h9,12H,3-8H2,1-2H3,(H2,13,14,16,17)/t9-/m0/s1. The molecule has 0 aromatic heterocycles. The molecule has 0 unspecified atom stereocenters. The second-order valence-corrected chi connectivity index (χ2v) is 4.39. The number of hydrogen-bond acceptors (Lipinski definition) is 5. The van der Waals surface area contributed by atoms with Crippen molar-refractivity contribution in [1.29, 1.82) is 0 Å². The third kappa shape index (κ3) is 5.95. The van der Waals surface area contributed by atoms with Gasteiger partial charge < -0.3 is 15.4 Å². The summed E-state index contributed by atoms with van der Waals surface area (Å²) in [5, 5.41) is 8.12. The molecule has 3 amide bonds. The van der Waals surface area contributed by atoms with E-state index in [2.05, 4.69) is 22.9 Å². The molecule has 7 heteroatoms. The number of carbonyl (C=O) groups excluding carboxylic acids is 2. The van der Waals surface area contributed by atoms with Gasteiger partial charge in [-0.15, -0.1) is 0 Å². The number of hydrogen-bond donors (Lipinski definition) is 3. The van der Waals surface area contributed by atoms with Gasteiger partial charge in [0.1, 0.15) is 0 Å². The third-order valence-corrected chi connectivity index (χ3v) is 2.66. The molecule has 3 N–H and O–H groups in total. The summed E-state index contributed by atoms with van der Waals surface area (Å²) in [4.78, 5) is 24.9. The first-order chi connectivity index (χ1) is 8.61. The van der Waals surface area contributed by atoms with E-state index in [0.29, 0.717) is 19.2 Å². The first kappa shape index (κ1) is 14.9. The van der Waals surface area contributed by atoms with Crippen LogP contribution in [0, 0.1) is 0 Å². The highest BCUT2D eigenvalue weighted by Crippen LogP contribution is 1.97. The first-order valence-corrected chi connectivity index (χ1v) is 6.14. The maximum Gasteiger partial charge on any atom is 0.321 e. The Morgan fingerprint density at radius 2 is 2.28 bits per heavy atom. The van der Waals surface area contributed by atoms with Crippen LogP contribution in [-0.2, 0) is 9.53 Å². The summed E-state index contributed by atoms with van der Waals surface area (Å²) >= 11 is 0. The second-order valence-electron chi connectivity index (χ2n) is 4.39. The van der Waals surface area contributed by atoms with Gasteiger partial charge in [0.15, 0.2) is 0 Å². The van der Waals surface area contributed by atoms with Crippen molar-refractivity contribution in [3.63, 3.8) is 0 Å². The van der Waals surface area contributed by atoms with Gasteiger partial charge in [0.25, 0.3) is 0 Å². The predicted molar refractivity (Wildman–Crippen MR) is 67.3 cm³/mol. The zero-order valence-corrected chi connectivity index (χ0v) is 11.0. The van der Waals surface area contributed by atoms with Crippen LogP contribution in [0.3, 0.4) is 0 Å². The number of nitrogens with zero attached hydrogens (tertiary/aromatic N) is 1. The number of rotatable bonds is 5. The van der Waals surface area contributed by atoms with Crippen molar-refractivity contribution in [2.75, 3.05) is 46.4 Å². The molecule has 104 valence electrons. The molecule has 0 saturated carbocycles. The van der Waals surface area contributed by atoms with Crippen molar-refractivity contribution in [2.45, 2.75) is 13.0 Å². The maximum atomic E-state index is 11.6. The zero-order chi connectivity index (χ0) is 13.4. The van der Waals surface area contributed by atoms with E-state index >= 15 is 0 Å². The predicted octanol–water partition coefficient (Wildman–Crippen LogP) is -1.25. The lowest BCUT2D eigenvalue weighted by Gasteiger charge is -2.31. The minimum absolute atomic E-state index is 0.254. The van der Waals surface area contributed by atoms with E-state index in [1.54, 1.807) is 7.11 Å². The molecule has 0 bridgehead atoms. The molecule has 7 nitrogen and oxygen atoms in total. The van der Waals surface area contributed by atoms with Crippen LogP contribution >= 0.6 is 0 Å². The normalized spacial score (nSPS) is 20.4. The van der Waals surface area contributed by atoms with E-state index in [0.717, 1.165) is 19.6 Å². The lowest BCUT2D eigenvalue weighted by molar-refractivity contribution is -0.121. The minimum atomic E-state index is -0.472. The molecule has 0 aliphatic carbocycles. The van der Waals surface area contributed by atoms with E-state index in [9.17, 15) is 9.59 Å². The molecule has 1 aliphatic heterocycles. The van der Waals surface area contributed by atoms with Crippen LogP contribution in [-0.4, -0.2) is 69.3 Å². The SMILES string of the molecule is COCCNC(=O)NC(=O)CN1CCN[C@@H](C)C1. The van der Waals surface area contributed by atoms with Gasteiger partial charge in [0.05, 0.1) is 13.2 Å². The van der Waals surface area contributed by atoms with Gasteiger partial charge in [-0.2, -0.15) is 0 Å². The fraction of sp³-hybridized carbons (Fsp3) is 0.818. The van der Waals surface area contributed by atoms with Crippen LogP contribution in [0.2, 0.25) is 0 Å². The quantitative estimate of drug-likeness (QED) is 0.537. The summed E-state index contributed by atoms with van der Waals surface area (Å²) in [6.07, 6.45) is 0. The van der Waals surface area contributed by atoms with E-state index in [4.69, 9.17) is 4.74 Å². The fourth-order valence-electron chi connectivity index (χ4n) is 1.84. The first-order valence-electron chi connectivity index (χ1n) is 6.14. The molecule has 1 heterocycles. The highest BCUT2D eigenvalue weighted by molar-refractivity contribution is 5.95. The smallest absolute Gasteiger partial charge is 0.321 e. The number of amides is 3. The molecule has 18 heavy (non-hydrogen) atoms. The van der Waals surface area contributed by atoms with E-state index in [-0.39, 0.29) is 12.5 Å². The molecule has 1 aliphatic rings. The molecule has 0 radical (unpaired) electrons. The Hall–Kier alpha value is -1.18. The van der Waals surface area contributed by atoms with Gasteiger partial charge in [-0.3, -0.25) is 15.0 Å². The van der Waals surface area contributed by atoms with Crippen molar-refractivity contribution in [3.8, 4) is 0 Å². The number of urea groups is 1. The summed E-state index contributed by atoms with van der Waals surface area (Å²) < 4.78 is 4.79. The second kappa shape index (κ2) is 8.02. The Labute approximate surface area is 107 Å². The van der Waals surface area contributed by atoms with Crippen molar-refractivity contribution in [1.82, 2.24) is 20.9 Å². The summed E-state index contributed by atoms with van der Waals surface area (Å²) in [6, 6.07) is -0.0951.